The fourth-order valence-electron chi connectivity index (χ4n) is 7.49. The number of benzene rings is 2. The van der Waals surface area contributed by atoms with Crippen LogP contribution in [0.3, 0.4) is 0 Å². The second-order valence-electron chi connectivity index (χ2n) is 16.3. The van der Waals surface area contributed by atoms with Crippen molar-refractivity contribution in [3.05, 3.63) is 120 Å². The van der Waals surface area contributed by atoms with Crippen LogP contribution in [0.4, 0.5) is 0 Å². The maximum Gasteiger partial charge on any atom is 0.231 e. The van der Waals surface area contributed by atoms with Gasteiger partial charge in [-0.1, -0.05) is 12.1 Å². The SMILES string of the molecule is COc1cnc([C@@H](O)[C@H](C)S(=O)(=O)Cc2nnc(-c3ccc(C)o3)n2-c2c(OC)cccc2OC)cn1.COc1cnc([C@H](O)[C@@H](C)S(=O)(=O)Cc2nnc(-c3ccc(C)o3)n2-c2c(OC)cccc2OC)cn1. The Morgan fingerprint density at radius 2 is 0.851 bits per heavy atom. The van der Waals surface area contributed by atoms with E-state index in [2.05, 4.69) is 40.3 Å². The molecule has 8 rings (SSSR count). The van der Waals surface area contributed by atoms with Gasteiger partial charge in [0, 0.05) is 0 Å². The van der Waals surface area contributed by atoms with E-state index in [1.807, 2.05) is 0 Å². The lowest BCUT2D eigenvalue weighted by molar-refractivity contribution is 0.170. The number of hydrogen-bond donors (Lipinski definition) is 2. The van der Waals surface area contributed by atoms with Gasteiger partial charge < -0.3 is 47.5 Å². The average Bonchev–Trinajstić information content (AvgIpc) is 4.24. The van der Waals surface area contributed by atoms with Crippen LogP contribution in [0.25, 0.3) is 34.5 Å². The molecule has 2 aromatic carbocycles. The zero-order valence-electron chi connectivity index (χ0n) is 41.9. The molecule has 8 aromatic rings. The van der Waals surface area contributed by atoms with Crippen molar-refractivity contribution in [1.82, 2.24) is 49.5 Å². The average molecular weight is 1060 g/mol. The number of para-hydroxylation sites is 2. The highest BCUT2D eigenvalue weighted by molar-refractivity contribution is 7.91. The Balaban J connectivity index is 0.000000216. The summed E-state index contributed by atoms with van der Waals surface area (Å²) in [5.41, 5.74) is 0.995. The molecule has 74 heavy (non-hydrogen) atoms. The maximum absolute atomic E-state index is 13.5. The first-order valence-corrected chi connectivity index (χ1v) is 25.8. The van der Waals surface area contributed by atoms with E-state index >= 15 is 0 Å². The first-order chi connectivity index (χ1) is 35.4. The first kappa shape index (κ1) is 53.8. The molecule has 0 aliphatic heterocycles. The molecule has 4 atom stereocenters. The van der Waals surface area contributed by atoms with Gasteiger partial charge in [0.1, 0.15) is 69.6 Å². The monoisotopic (exact) mass is 1060 g/mol. The normalized spacial score (nSPS) is 13.2. The number of ether oxygens (including phenoxy) is 6. The van der Waals surface area contributed by atoms with Gasteiger partial charge in [-0.2, -0.15) is 0 Å². The summed E-state index contributed by atoms with van der Waals surface area (Å²) in [5.74, 6) is 3.71. The Kier molecular flexibility index (Phi) is 16.6. The lowest BCUT2D eigenvalue weighted by Crippen LogP contribution is -2.28. The zero-order valence-corrected chi connectivity index (χ0v) is 43.5. The molecule has 0 spiro atoms. The fourth-order valence-corrected chi connectivity index (χ4v) is 10.2. The summed E-state index contributed by atoms with van der Waals surface area (Å²) >= 11 is 0. The Morgan fingerprint density at radius 1 is 0.500 bits per heavy atom. The molecule has 392 valence electrons. The van der Waals surface area contributed by atoms with E-state index in [0.29, 0.717) is 57.4 Å². The van der Waals surface area contributed by atoms with Gasteiger partial charge in [-0.05, 0) is 76.2 Å². The smallest absolute Gasteiger partial charge is 0.231 e. The second kappa shape index (κ2) is 22.9. The summed E-state index contributed by atoms with van der Waals surface area (Å²) in [4.78, 5) is 16.1. The lowest BCUT2D eigenvalue weighted by Gasteiger charge is -2.20. The van der Waals surface area contributed by atoms with Gasteiger partial charge in [-0.3, -0.25) is 19.1 Å². The van der Waals surface area contributed by atoms with E-state index in [0.717, 1.165) is 0 Å². The predicted molar refractivity (Wildman–Crippen MR) is 265 cm³/mol. The maximum atomic E-state index is 13.5. The van der Waals surface area contributed by atoms with Gasteiger partial charge in [0.05, 0.1) is 89.3 Å². The quantitative estimate of drug-likeness (QED) is 0.0968. The van der Waals surface area contributed by atoms with Crippen molar-refractivity contribution in [2.24, 2.45) is 0 Å². The first-order valence-electron chi connectivity index (χ1n) is 22.4. The zero-order chi connectivity index (χ0) is 53.5. The molecule has 6 heterocycles. The number of hydrogen-bond acceptors (Lipinski definition) is 22. The molecule has 0 unspecified atom stereocenters. The molecule has 0 aliphatic carbocycles. The number of methoxy groups -OCH3 is 6. The van der Waals surface area contributed by atoms with Crippen LogP contribution in [0.5, 0.6) is 34.8 Å². The summed E-state index contributed by atoms with van der Waals surface area (Å²) in [5, 5.41) is 35.9. The minimum atomic E-state index is -3.99. The highest BCUT2D eigenvalue weighted by atomic mass is 32.2. The van der Waals surface area contributed by atoms with E-state index in [-0.39, 0.29) is 46.4 Å². The van der Waals surface area contributed by atoms with Crippen LogP contribution in [-0.4, -0.2) is 130 Å². The minimum Gasteiger partial charge on any atom is -0.494 e. The summed E-state index contributed by atoms with van der Waals surface area (Å²) in [7, 11) is 0.830. The Bertz CT molecular complexity index is 3140. The summed E-state index contributed by atoms with van der Waals surface area (Å²) in [6, 6.07) is 17.3. The molecule has 0 bridgehead atoms. The Morgan fingerprint density at radius 3 is 1.12 bits per heavy atom. The standard InChI is InChI=1S/2C24H27N5O7S/c2*1-14-9-10-19(36-14)24-28-27-20(29(24)22-17(33-3)7-6-8-18(22)34-4)13-37(31,32)15(2)23(30)16-11-26-21(35-5)12-25-16/h2*6-12,15,23,30H,13H2,1-5H3/t2*15-,23-/m10/s1. The number of aromatic nitrogens is 10. The molecule has 2 N–H and O–H groups in total. The molecular formula is C48H54N10O14S2. The number of aliphatic hydroxyl groups is 2. The molecule has 24 nitrogen and oxygen atoms in total. The number of aryl methyl sites for hydroxylation is 2. The largest absolute Gasteiger partial charge is 0.494 e. The van der Waals surface area contributed by atoms with Gasteiger partial charge in [-0.25, -0.2) is 26.8 Å². The number of furan rings is 2. The van der Waals surface area contributed by atoms with Crippen molar-refractivity contribution in [2.75, 3.05) is 42.7 Å². The van der Waals surface area contributed by atoms with Crippen LogP contribution in [0.2, 0.25) is 0 Å². The van der Waals surface area contributed by atoms with E-state index in [1.165, 1.54) is 90.4 Å². The van der Waals surface area contributed by atoms with E-state index < -0.39 is 53.9 Å². The van der Waals surface area contributed by atoms with Crippen LogP contribution in [0.15, 0.2) is 94.3 Å². The molecule has 6 aromatic heterocycles. The van der Waals surface area contributed by atoms with Crippen molar-refractivity contribution >= 4 is 19.7 Å². The summed E-state index contributed by atoms with van der Waals surface area (Å²) in [6.45, 7) is 6.36. The molecular weight excluding hydrogens is 1000 g/mol. The van der Waals surface area contributed by atoms with Gasteiger partial charge in [0.25, 0.3) is 0 Å². The molecule has 0 saturated heterocycles. The second-order valence-corrected chi connectivity index (χ2v) is 21.0. The molecule has 0 aliphatic rings. The molecule has 0 saturated carbocycles. The topological polar surface area (TPSA) is 303 Å². The van der Waals surface area contributed by atoms with Crippen molar-refractivity contribution in [2.45, 2.75) is 61.9 Å². The Labute approximate surface area is 425 Å². The van der Waals surface area contributed by atoms with Crippen molar-refractivity contribution < 1.29 is 64.3 Å². The van der Waals surface area contributed by atoms with Gasteiger partial charge in [-0.15, -0.1) is 20.4 Å². The third-order valence-corrected chi connectivity index (χ3v) is 15.7. The Hall–Kier alpha value is -7.94. The summed E-state index contributed by atoms with van der Waals surface area (Å²) in [6.07, 6.45) is 2.28. The molecule has 0 fully saturated rings. The van der Waals surface area contributed by atoms with E-state index in [1.54, 1.807) is 74.5 Å². The van der Waals surface area contributed by atoms with Crippen molar-refractivity contribution in [1.29, 1.82) is 0 Å². The van der Waals surface area contributed by atoms with Gasteiger partial charge in [0.2, 0.25) is 23.4 Å². The molecule has 26 heteroatoms. The summed E-state index contributed by atoms with van der Waals surface area (Å²) < 4.78 is 101. The van der Waals surface area contributed by atoms with Gasteiger partial charge in [0.15, 0.2) is 42.8 Å². The number of aliphatic hydroxyl groups excluding tert-OH is 2. The lowest BCUT2D eigenvalue weighted by atomic mass is 10.2. The number of rotatable bonds is 20. The van der Waals surface area contributed by atoms with Crippen molar-refractivity contribution in [3.8, 4) is 69.3 Å². The molecule has 0 radical (unpaired) electrons. The van der Waals surface area contributed by atoms with E-state index in [4.69, 9.17) is 37.3 Å². The fraction of sp³-hybridized carbons (Fsp3) is 0.333. The molecule has 0 amide bonds. The third-order valence-electron chi connectivity index (χ3n) is 11.6. The van der Waals surface area contributed by atoms with Crippen LogP contribution >= 0.6 is 0 Å². The predicted octanol–water partition coefficient (Wildman–Crippen LogP) is 5.38. The van der Waals surface area contributed by atoms with Crippen LogP contribution in [-0.2, 0) is 31.2 Å². The van der Waals surface area contributed by atoms with Gasteiger partial charge >= 0.3 is 0 Å². The number of nitrogens with zero attached hydrogens (tertiary/aromatic N) is 10. The highest BCUT2D eigenvalue weighted by Crippen LogP contribution is 2.39. The minimum absolute atomic E-state index is 0.0757. The van der Waals surface area contributed by atoms with Crippen molar-refractivity contribution in [3.63, 3.8) is 0 Å². The van der Waals surface area contributed by atoms with Crippen LogP contribution < -0.4 is 28.4 Å². The highest BCUT2D eigenvalue weighted by Gasteiger charge is 2.36. The number of sulfone groups is 2. The third kappa shape index (κ3) is 11.3. The van der Waals surface area contributed by atoms with Crippen LogP contribution in [0, 0.1) is 13.8 Å². The van der Waals surface area contributed by atoms with E-state index in [9.17, 15) is 27.0 Å². The van der Waals surface area contributed by atoms with Crippen LogP contribution in [0.1, 0.15) is 60.6 Å².